The highest BCUT2D eigenvalue weighted by Gasteiger charge is 2.22. The molecule has 0 aliphatic carbocycles. The average Bonchev–Trinajstić information content (AvgIpc) is 2.49. The molecule has 24 heavy (non-hydrogen) atoms. The number of thioether (sulfide) groups is 1. The summed E-state index contributed by atoms with van der Waals surface area (Å²) in [5, 5.41) is 4.02. The molecule has 0 saturated carbocycles. The van der Waals surface area contributed by atoms with Crippen LogP contribution in [-0.2, 0) is 4.74 Å². The predicted molar refractivity (Wildman–Crippen MR) is 114 cm³/mol. The van der Waals surface area contributed by atoms with Gasteiger partial charge < -0.3 is 19.9 Å². The first kappa shape index (κ1) is 23.6. The summed E-state index contributed by atoms with van der Waals surface area (Å²) in [6.07, 6.45) is 0.884. The lowest BCUT2D eigenvalue weighted by Gasteiger charge is -2.34. The largest absolute Gasteiger partial charge is 0.444 e. The van der Waals surface area contributed by atoms with Crippen molar-refractivity contribution in [3.05, 3.63) is 0 Å². The molecule has 1 atom stereocenters. The molecule has 1 fully saturated rings. The Morgan fingerprint density at radius 3 is 2.67 bits per heavy atom. The van der Waals surface area contributed by atoms with Crippen molar-refractivity contribution in [3.63, 3.8) is 0 Å². The predicted octanol–water partition coefficient (Wildman–Crippen LogP) is 2.87. The smallest absolute Gasteiger partial charge is 0.410 e. The van der Waals surface area contributed by atoms with Crippen molar-refractivity contribution in [3.8, 4) is 0 Å². The number of hydrogen-bond donors (Lipinski definition) is 1. The molecular weight excluding hydrogens is 439 g/mol. The van der Waals surface area contributed by atoms with E-state index in [1.165, 1.54) is 6.42 Å². The van der Waals surface area contributed by atoms with E-state index < -0.39 is 5.60 Å². The minimum Gasteiger partial charge on any atom is -0.444 e. The third kappa shape index (κ3) is 8.64. The first-order valence-corrected chi connectivity index (χ1v) is 9.33. The van der Waals surface area contributed by atoms with Gasteiger partial charge in [-0.3, -0.25) is 4.99 Å². The standard InChI is InChI=1S/C16H32N4O2S.HI/c1-7-13-12-20(10-11-23-13)14(17-5)18-8-9-19(6)15(21)22-16(2,3)4;/h13H,7-12H2,1-6H3,(H,17,18);1H. The molecule has 1 amide bonds. The van der Waals surface area contributed by atoms with E-state index in [2.05, 4.69) is 22.1 Å². The third-order valence-corrected chi connectivity index (χ3v) is 4.91. The molecule has 0 aromatic heterocycles. The first-order chi connectivity index (χ1) is 10.8. The van der Waals surface area contributed by atoms with Crippen LogP contribution >= 0.6 is 35.7 Å². The molecule has 6 nitrogen and oxygen atoms in total. The van der Waals surface area contributed by atoms with Crippen molar-refractivity contribution in [1.82, 2.24) is 15.1 Å². The highest BCUT2D eigenvalue weighted by atomic mass is 127. The van der Waals surface area contributed by atoms with E-state index in [4.69, 9.17) is 4.74 Å². The molecule has 0 radical (unpaired) electrons. The molecule has 1 heterocycles. The van der Waals surface area contributed by atoms with Gasteiger partial charge in [-0.15, -0.1) is 24.0 Å². The molecule has 8 heteroatoms. The highest BCUT2D eigenvalue weighted by molar-refractivity contribution is 14.0. The second-order valence-corrected chi connectivity index (χ2v) is 8.13. The Balaban J connectivity index is 0.00000529. The van der Waals surface area contributed by atoms with Crippen molar-refractivity contribution >= 4 is 47.8 Å². The number of likely N-dealkylation sites (N-methyl/N-ethyl adjacent to an activating group) is 1. The Morgan fingerprint density at radius 1 is 1.46 bits per heavy atom. The van der Waals surface area contributed by atoms with E-state index >= 15 is 0 Å². The summed E-state index contributed by atoms with van der Waals surface area (Å²) in [5.74, 6) is 2.05. The summed E-state index contributed by atoms with van der Waals surface area (Å²) < 4.78 is 5.34. The minimum atomic E-state index is -0.463. The lowest BCUT2D eigenvalue weighted by Crippen LogP contribution is -2.49. The van der Waals surface area contributed by atoms with Gasteiger partial charge in [0.2, 0.25) is 0 Å². The Labute approximate surface area is 168 Å². The van der Waals surface area contributed by atoms with Crippen LogP contribution in [0.1, 0.15) is 34.1 Å². The first-order valence-electron chi connectivity index (χ1n) is 8.28. The van der Waals surface area contributed by atoms with E-state index in [1.54, 1.807) is 11.9 Å². The van der Waals surface area contributed by atoms with Crippen molar-refractivity contribution in [2.24, 2.45) is 4.99 Å². The van der Waals surface area contributed by atoms with Gasteiger partial charge in [-0.2, -0.15) is 11.8 Å². The number of aliphatic imine (C=N–C) groups is 1. The number of carbonyl (C=O) groups is 1. The maximum Gasteiger partial charge on any atom is 0.410 e. The topological polar surface area (TPSA) is 57.2 Å². The fraction of sp³-hybridized carbons (Fsp3) is 0.875. The molecule has 1 rings (SSSR count). The van der Waals surface area contributed by atoms with Gasteiger partial charge in [0.15, 0.2) is 5.96 Å². The lowest BCUT2D eigenvalue weighted by molar-refractivity contribution is 0.0302. The van der Waals surface area contributed by atoms with Gasteiger partial charge >= 0.3 is 6.09 Å². The Kier molecular flexibility index (Phi) is 11.1. The van der Waals surface area contributed by atoms with Crippen LogP contribution in [0.4, 0.5) is 4.79 Å². The van der Waals surface area contributed by atoms with Crippen LogP contribution in [0.2, 0.25) is 0 Å². The lowest BCUT2D eigenvalue weighted by atomic mass is 10.2. The summed E-state index contributed by atoms with van der Waals surface area (Å²) in [4.78, 5) is 20.2. The van der Waals surface area contributed by atoms with Crippen LogP contribution in [-0.4, -0.2) is 78.7 Å². The van der Waals surface area contributed by atoms with Crippen LogP contribution in [0.25, 0.3) is 0 Å². The van der Waals surface area contributed by atoms with E-state index in [-0.39, 0.29) is 30.1 Å². The second kappa shape index (κ2) is 11.3. The van der Waals surface area contributed by atoms with Gasteiger partial charge in [0.05, 0.1) is 0 Å². The molecule has 1 aliphatic heterocycles. The average molecular weight is 472 g/mol. The normalized spacial score (nSPS) is 18.7. The number of hydrogen-bond acceptors (Lipinski definition) is 4. The molecule has 0 spiro atoms. The number of rotatable bonds is 4. The van der Waals surface area contributed by atoms with Crippen LogP contribution < -0.4 is 5.32 Å². The van der Waals surface area contributed by atoms with Gasteiger partial charge in [0, 0.05) is 51.3 Å². The van der Waals surface area contributed by atoms with Crippen molar-refractivity contribution in [2.75, 3.05) is 46.0 Å². The maximum atomic E-state index is 11.9. The number of halogens is 1. The third-order valence-electron chi connectivity index (χ3n) is 3.54. The summed E-state index contributed by atoms with van der Waals surface area (Å²) in [6.45, 7) is 11.1. The van der Waals surface area contributed by atoms with Crippen LogP contribution in [0.5, 0.6) is 0 Å². The van der Waals surface area contributed by atoms with Crippen molar-refractivity contribution in [1.29, 1.82) is 0 Å². The number of ether oxygens (including phenoxy) is 1. The fourth-order valence-corrected chi connectivity index (χ4v) is 3.44. The summed E-state index contributed by atoms with van der Waals surface area (Å²) in [5.41, 5.74) is -0.463. The zero-order chi connectivity index (χ0) is 17.5. The van der Waals surface area contributed by atoms with Crippen molar-refractivity contribution < 1.29 is 9.53 Å². The maximum absolute atomic E-state index is 11.9. The van der Waals surface area contributed by atoms with E-state index in [0.29, 0.717) is 18.3 Å². The van der Waals surface area contributed by atoms with E-state index in [1.807, 2.05) is 39.6 Å². The van der Waals surface area contributed by atoms with Gasteiger partial charge in [-0.1, -0.05) is 6.92 Å². The van der Waals surface area contributed by atoms with E-state index in [9.17, 15) is 4.79 Å². The highest BCUT2D eigenvalue weighted by Crippen LogP contribution is 2.20. The molecule has 142 valence electrons. The molecule has 1 aliphatic rings. The van der Waals surface area contributed by atoms with Gasteiger partial charge in [0.25, 0.3) is 0 Å². The number of carbonyl (C=O) groups excluding carboxylic acids is 1. The fourth-order valence-electron chi connectivity index (χ4n) is 2.26. The summed E-state index contributed by atoms with van der Waals surface area (Å²) in [6, 6.07) is 0. The monoisotopic (exact) mass is 472 g/mol. The summed E-state index contributed by atoms with van der Waals surface area (Å²) >= 11 is 2.04. The van der Waals surface area contributed by atoms with Crippen LogP contribution in [0.3, 0.4) is 0 Å². The van der Waals surface area contributed by atoms with Gasteiger partial charge in [-0.05, 0) is 27.2 Å². The molecule has 1 saturated heterocycles. The van der Waals surface area contributed by atoms with Crippen LogP contribution in [0.15, 0.2) is 4.99 Å². The SMILES string of the molecule is CCC1CN(C(=NC)NCCN(C)C(=O)OC(C)(C)C)CCS1.I. The summed E-state index contributed by atoms with van der Waals surface area (Å²) in [7, 11) is 3.56. The van der Waals surface area contributed by atoms with Crippen molar-refractivity contribution in [2.45, 2.75) is 45.0 Å². The zero-order valence-electron chi connectivity index (χ0n) is 15.8. The number of nitrogens with one attached hydrogen (secondary N) is 1. The molecule has 1 unspecified atom stereocenters. The zero-order valence-corrected chi connectivity index (χ0v) is 18.9. The Bertz CT molecular complexity index is 415. The molecule has 0 aromatic carbocycles. The number of amides is 1. The number of nitrogens with zero attached hydrogens (tertiary/aromatic N) is 3. The number of guanidine groups is 1. The van der Waals surface area contributed by atoms with Crippen LogP contribution in [0, 0.1) is 0 Å². The molecule has 1 N–H and O–H groups in total. The van der Waals surface area contributed by atoms with E-state index in [0.717, 1.165) is 24.8 Å². The molecular formula is C16H33IN4O2S. The second-order valence-electron chi connectivity index (χ2n) is 6.72. The quantitative estimate of drug-likeness (QED) is 0.388. The van der Waals surface area contributed by atoms with Gasteiger partial charge in [-0.25, -0.2) is 4.79 Å². The molecule has 0 bridgehead atoms. The Hall–Kier alpha value is -0.380. The van der Waals surface area contributed by atoms with Gasteiger partial charge in [0.1, 0.15) is 5.60 Å². The minimum absolute atomic E-state index is 0. The molecule has 0 aromatic rings. The Morgan fingerprint density at radius 2 is 2.12 bits per heavy atom.